The SMILES string of the molecule is Cc1cc2c(ccc3[nH]ccc32)o1. The fourth-order valence-corrected chi connectivity index (χ4v) is 1.78. The Morgan fingerprint density at radius 2 is 2.08 bits per heavy atom. The van der Waals surface area contributed by atoms with Crippen LogP contribution < -0.4 is 0 Å². The smallest absolute Gasteiger partial charge is 0.135 e. The number of aryl methyl sites for hydroxylation is 1. The first-order valence-corrected chi connectivity index (χ1v) is 4.31. The predicted octanol–water partition coefficient (Wildman–Crippen LogP) is 3.22. The van der Waals surface area contributed by atoms with Gasteiger partial charge in [0.05, 0.1) is 0 Å². The van der Waals surface area contributed by atoms with E-state index in [-0.39, 0.29) is 0 Å². The van der Waals surface area contributed by atoms with Crippen molar-refractivity contribution in [3.05, 3.63) is 36.2 Å². The zero-order chi connectivity index (χ0) is 8.84. The standard InChI is InChI=1S/C11H9NO/c1-7-6-9-8-4-5-12-10(8)2-3-11(9)13-7/h2-6,12H,1H3. The largest absolute Gasteiger partial charge is 0.461 e. The Morgan fingerprint density at radius 1 is 1.15 bits per heavy atom. The molecule has 0 saturated heterocycles. The van der Waals surface area contributed by atoms with Crippen LogP contribution in [0.5, 0.6) is 0 Å². The normalized spacial score (nSPS) is 11.5. The summed E-state index contributed by atoms with van der Waals surface area (Å²) in [6, 6.07) is 8.19. The minimum absolute atomic E-state index is 0.962. The lowest BCUT2D eigenvalue weighted by Gasteiger charge is -1.89. The van der Waals surface area contributed by atoms with Gasteiger partial charge in [0.15, 0.2) is 0 Å². The molecule has 3 rings (SSSR count). The summed E-state index contributed by atoms with van der Waals surface area (Å²) in [4.78, 5) is 3.18. The first-order chi connectivity index (χ1) is 6.34. The van der Waals surface area contributed by atoms with E-state index in [1.807, 2.05) is 25.3 Å². The third kappa shape index (κ3) is 0.827. The van der Waals surface area contributed by atoms with Gasteiger partial charge in [0, 0.05) is 22.5 Å². The second kappa shape index (κ2) is 2.16. The van der Waals surface area contributed by atoms with Gasteiger partial charge in [0.1, 0.15) is 11.3 Å². The second-order valence-corrected chi connectivity index (χ2v) is 3.27. The second-order valence-electron chi connectivity index (χ2n) is 3.27. The molecule has 2 nitrogen and oxygen atoms in total. The van der Waals surface area contributed by atoms with Gasteiger partial charge in [-0.1, -0.05) is 0 Å². The molecule has 1 N–H and O–H groups in total. The maximum Gasteiger partial charge on any atom is 0.135 e. The van der Waals surface area contributed by atoms with E-state index in [1.54, 1.807) is 0 Å². The van der Waals surface area contributed by atoms with Crippen LogP contribution in [0.25, 0.3) is 21.9 Å². The van der Waals surface area contributed by atoms with Crippen LogP contribution in [0.15, 0.2) is 34.9 Å². The molecular weight excluding hydrogens is 162 g/mol. The van der Waals surface area contributed by atoms with Gasteiger partial charge in [0.2, 0.25) is 0 Å². The molecule has 0 saturated carbocycles. The molecule has 0 radical (unpaired) electrons. The van der Waals surface area contributed by atoms with Gasteiger partial charge in [-0.15, -0.1) is 0 Å². The summed E-state index contributed by atoms with van der Waals surface area (Å²) in [7, 11) is 0. The monoisotopic (exact) mass is 171 g/mol. The molecule has 0 atom stereocenters. The maximum absolute atomic E-state index is 5.53. The molecule has 13 heavy (non-hydrogen) atoms. The molecule has 0 aliphatic heterocycles. The van der Waals surface area contributed by atoms with E-state index in [0.29, 0.717) is 0 Å². The number of hydrogen-bond donors (Lipinski definition) is 1. The number of hydrogen-bond acceptors (Lipinski definition) is 1. The number of rotatable bonds is 0. The number of fused-ring (bicyclic) bond motifs is 3. The van der Waals surface area contributed by atoms with E-state index >= 15 is 0 Å². The minimum atomic E-state index is 0.962. The number of H-pyrrole nitrogens is 1. The van der Waals surface area contributed by atoms with Gasteiger partial charge >= 0.3 is 0 Å². The average molecular weight is 171 g/mol. The van der Waals surface area contributed by atoms with Crippen LogP contribution in [-0.4, -0.2) is 4.98 Å². The van der Waals surface area contributed by atoms with Crippen LogP contribution in [0.3, 0.4) is 0 Å². The highest BCUT2D eigenvalue weighted by Gasteiger charge is 2.04. The third-order valence-corrected chi connectivity index (χ3v) is 2.35. The minimum Gasteiger partial charge on any atom is -0.461 e. The molecule has 2 heterocycles. The van der Waals surface area contributed by atoms with Crippen molar-refractivity contribution in [2.24, 2.45) is 0 Å². The maximum atomic E-state index is 5.53. The van der Waals surface area contributed by atoms with Crippen molar-refractivity contribution in [2.75, 3.05) is 0 Å². The third-order valence-electron chi connectivity index (χ3n) is 2.35. The first kappa shape index (κ1) is 6.78. The number of aromatic nitrogens is 1. The molecule has 3 aromatic rings. The lowest BCUT2D eigenvalue weighted by molar-refractivity contribution is 0.579. The van der Waals surface area contributed by atoms with Crippen LogP contribution in [0.4, 0.5) is 0 Å². The molecular formula is C11H9NO. The zero-order valence-electron chi connectivity index (χ0n) is 7.29. The van der Waals surface area contributed by atoms with Crippen molar-refractivity contribution >= 4 is 21.9 Å². The van der Waals surface area contributed by atoms with E-state index in [9.17, 15) is 0 Å². The number of benzene rings is 1. The molecule has 0 bridgehead atoms. The molecule has 0 unspecified atom stereocenters. The molecule has 0 aliphatic rings. The topological polar surface area (TPSA) is 28.9 Å². The summed E-state index contributed by atoms with van der Waals surface area (Å²) < 4.78 is 5.53. The van der Waals surface area contributed by atoms with Crippen molar-refractivity contribution in [1.29, 1.82) is 0 Å². The quantitative estimate of drug-likeness (QED) is 0.552. The van der Waals surface area contributed by atoms with Crippen LogP contribution in [0, 0.1) is 6.92 Å². The Labute approximate surface area is 75.2 Å². The van der Waals surface area contributed by atoms with Gasteiger partial charge < -0.3 is 9.40 Å². The highest BCUT2D eigenvalue weighted by atomic mass is 16.3. The summed E-state index contributed by atoms with van der Waals surface area (Å²) in [6.45, 7) is 1.97. The Hall–Kier alpha value is -1.70. The lowest BCUT2D eigenvalue weighted by atomic mass is 10.2. The molecule has 64 valence electrons. The lowest BCUT2D eigenvalue weighted by Crippen LogP contribution is -1.67. The molecule has 0 spiro atoms. The van der Waals surface area contributed by atoms with Crippen LogP contribution in [0.2, 0.25) is 0 Å². The van der Waals surface area contributed by atoms with Gasteiger partial charge in [-0.3, -0.25) is 0 Å². The Bertz CT molecular complexity index is 574. The van der Waals surface area contributed by atoms with E-state index in [0.717, 1.165) is 16.9 Å². The van der Waals surface area contributed by atoms with E-state index in [4.69, 9.17) is 4.42 Å². The van der Waals surface area contributed by atoms with Gasteiger partial charge in [-0.2, -0.15) is 0 Å². The number of aromatic amines is 1. The highest BCUT2D eigenvalue weighted by Crippen LogP contribution is 2.26. The predicted molar refractivity (Wildman–Crippen MR) is 52.8 cm³/mol. The van der Waals surface area contributed by atoms with Crippen molar-refractivity contribution in [3.8, 4) is 0 Å². The number of furan rings is 1. The molecule has 1 aromatic carbocycles. The summed E-state index contributed by atoms with van der Waals surface area (Å²) >= 11 is 0. The van der Waals surface area contributed by atoms with E-state index < -0.39 is 0 Å². The Morgan fingerprint density at radius 3 is 3.00 bits per heavy atom. The average Bonchev–Trinajstić information content (AvgIpc) is 2.65. The van der Waals surface area contributed by atoms with Gasteiger partial charge in [0.25, 0.3) is 0 Å². The van der Waals surface area contributed by atoms with Crippen molar-refractivity contribution in [2.45, 2.75) is 6.92 Å². The molecule has 0 fully saturated rings. The molecule has 0 aliphatic carbocycles. The Kier molecular flexibility index (Phi) is 1.13. The summed E-state index contributed by atoms with van der Waals surface area (Å²) in [5.41, 5.74) is 2.12. The van der Waals surface area contributed by atoms with Gasteiger partial charge in [-0.05, 0) is 31.2 Å². The summed E-state index contributed by atoms with van der Waals surface area (Å²) in [5.74, 6) is 0.962. The summed E-state index contributed by atoms with van der Waals surface area (Å²) in [6.07, 6.45) is 1.95. The van der Waals surface area contributed by atoms with Crippen molar-refractivity contribution in [1.82, 2.24) is 4.98 Å². The fraction of sp³-hybridized carbons (Fsp3) is 0.0909. The molecule has 0 amide bonds. The van der Waals surface area contributed by atoms with E-state index in [2.05, 4.69) is 17.1 Å². The van der Waals surface area contributed by atoms with E-state index in [1.165, 1.54) is 10.8 Å². The van der Waals surface area contributed by atoms with Crippen molar-refractivity contribution < 1.29 is 4.42 Å². The van der Waals surface area contributed by atoms with Crippen LogP contribution in [-0.2, 0) is 0 Å². The zero-order valence-corrected chi connectivity index (χ0v) is 7.29. The van der Waals surface area contributed by atoms with Crippen molar-refractivity contribution in [3.63, 3.8) is 0 Å². The Balaban J connectivity index is 2.64. The highest BCUT2D eigenvalue weighted by molar-refractivity contribution is 6.04. The summed E-state index contributed by atoms with van der Waals surface area (Å²) in [5, 5.41) is 2.42. The van der Waals surface area contributed by atoms with Crippen LogP contribution in [0.1, 0.15) is 5.76 Å². The molecule has 2 aromatic heterocycles. The molecule has 2 heteroatoms. The fourth-order valence-electron chi connectivity index (χ4n) is 1.78. The van der Waals surface area contributed by atoms with Gasteiger partial charge in [-0.25, -0.2) is 0 Å². The number of nitrogens with one attached hydrogen (secondary N) is 1. The first-order valence-electron chi connectivity index (χ1n) is 4.31. The van der Waals surface area contributed by atoms with Crippen LogP contribution >= 0.6 is 0 Å².